The van der Waals surface area contributed by atoms with Gasteiger partial charge in [0.15, 0.2) is 11.5 Å². The van der Waals surface area contributed by atoms with E-state index in [1.807, 2.05) is 30.3 Å². The summed E-state index contributed by atoms with van der Waals surface area (Å²) in [4.78, 5) is 2.32. The predicted octanol–water partition coefficient (Wildman–Crippen LogP) is 3.23. The van der Waals surface area contributed by atoms with Gasteiger partial charge in [-0.05, 0) is 25.1 Å². The van der Waals surface area contributed by atoms with Crippen molar-refractivity contribution in [3.05, 3.63) is 59.4 Å². The largest absolute Gasteiger partial charge is 0.493 e. The van der Waals surface area contributed by atoms with Gasteiger partial charge in [-0.15, -0.1) is 0 Å². The van der Waals surface area contributed by atoms with E-state index < -0.39 is 0 Å². The standard InChI is InChI=1S/C20H25FN2O2/c1-24-18-10-5-8-16(20(18)25-2)19(15-7-3-4-9-17(15)21)23-13-6-11-22-12-14-23/h3-5,7-10,19,22H,6,11-14H2,1-2H3. The van der Waals surface area contributed by atoms with Crippen LogP contribution in [0.5, 0.6) is 11.5 Å². The molecule has 3 rings (SSSR count). The molecule has 0 amide bonds. The van der Waals surface area contributed by atoms with E-state index in [0.717, 1.165) is 38.2 Å². The van der Waals surface area contributed by atoms with Crippen LogP contribution in [0.4, 0.5) is 4.39 Å². The number of nitrogens with one attached hydrogen (secondary N) is 1. The van der Waals surface area contributed by atoms with Crippen molar-refractivity contribution in [2.45, 2.75) is 12.5 Å². The van der Waals surface area contributed by atoms with Gasteiger partial charge in [0.05, 0.1) is 20.3 Å². The molecule has 1 N–H and O–H groups in total. The van der Waals surface area contributed by atoms with Crippen molar-refractivity contribution in [2.24, 2.45) is 0 Å². The van der Waals surface area contributed by atoms with Gasteiger partial charge < -0.3 is 14.8 Å². The van der Waals surface area contributed by atoms with E-state index in [2.05, 4.69) is 10.2 Å². The van der Waals surface area contributed by atoms with E-state index in [9.17, 15) is 4.39 Å². The summed E-state index contributed by atoms with van der Waals surface area (Å²) in [5.41, 5.74) is 1.59. The Bertz CT molecular complexity index is 700. The molecule has 0 aliphatic carbocycles. The number of para-hydroxylation sites is 1. The molecule has 0 spiro atoms. The fraction of sp³-hybridized carbons (Fsp3) is 0.400. The monoisotopic (exact) mass is 344 g/mol. The molecule has 0 bridgehead atoms. The molecule has 1 unspecified atom stereocenters. The molecule has 4 nitrogen and oxygen atoms in total. The third-order valence-corrected chi connectivity index (χ3v) is 4.67. The molecule has 5 heteroatoms. The number of benzene rings is 2. The van der Waals surface area contributed by atoms with Crippen LogP contribution in [0.1, 0.15) is 23.6 Å². The van der Waals surface area contributed by atoms with Gasteiger partial charge in [0, 0.05) is 30.8 Å². The third-order valence-electron chi connectivity index (χ3n) is 4.67. The summed E-state index contributed by atoms with van der Waals surface area (Å²) in [7, 11) is 3.25. The van der Waals surface area contributed by atoms with Crippen molar-refractivity contribution in [2.75, 3.05) is 40.4 Å². The van der Waals surface area contributed by atoms with Gasteiger partial charge in [-0.25, -0.2) is 4.39 Å². The first-order valence-electron chi connectivity index (χ1n) is 8.66. The lowest BCUT2D eigenvalue weighted by molar-refractivity contribution is 0.230. The molecule has 1 atom stereocenters. The number of hydrogen-bond acceptors (Lipinski definition) is 4. The molecule has 1 aliphatic rings. The smallest absolute Gasteiger partial charge is 0.165 e. The Morgan fingerprint density at radius 1 is 0.960 bits per heavy atom. The van der Waals surface area contributed by atoms with Crippen LogP contribution < -0.4 is 14.8 Å². The zero-order chi connectivity index (χ0) is 17.6. The maximum atomic E-state index is 14.7. The second-order valence-electron chi connectivity index (χ2n) is 6.15. The quantitative estimate of drug-likeness (QED) is 0.903. The molecule has 2 aromatic carbocycles. The van der Waals surface area contributed by atoms with E-state index in [1.165, 1.54) is 6.07 Å². The Labute approximate surface area is 148 Å². The van der Waals surface area contributed by atoms with Crippen LogP contribution in [0, 0.1) is 5.82 Å². The van der Waals surface area contributed by atoms with Gasteiger partial charge in [-0.1, -0.05) is 30.3 Å². The highest BCUT2D eigenvalue weighted by molar-refractivity contribution is 5.51. The Balaban J connectivity index is 2.13. The molecule has 0 saturated carbocycles. The second-order valence-corrected chi connectivity index (χ2v) is 6.15. The summed E-state index contributed by atoms with van der Waals surface area (Å²) < 4.78 is 25.8. The van der Waals surface area contributed by atoms with E-state index in [4.69, 9.17) is 9.47 Å². The van der Waals surface area contributed by atoms with Crippen molar-refractivity contribution >= 4 is 0 Å². The summed E-state index contributed by atoms with van der Waals surface area (Å²) >= 11 is 0. The average molecular weight is 344 g/mol. The lowest BCUT2D eigenvalue weighted by Crippen LogP contribution is -2.33. The predicted molar refractivity (Wildman–Crippen MR) is 96.8 cm³/mol. The molecule has 1 aliphatic heterocycles. The minimum Gasteiger partial charge on any atom is -0.493 e. The van der Waals surface area contributed by atoms with Gasteiger partial charge in [-0.3, -0.25) is 4.90 Å². The van der Waals surface area contributed by atoms with Crippen LogP contribution >= 0.6 is 0 Å². The number of nitrogens with zero attached hydrogens (tertiary/aromatic N) is 1. The summed E-state index contributed by atoms with van der Waals surface area (Å²) in [6, 6.07) is 12.6. The number of rotatable bonds is 5. The van der Waals surface area contributed by atoms with Crippen molar-refractivity contribution in [3.63, 3.8) is 0 Å². The van der Waals surface area contributed by atoms with E-state index in [-0.39, 0.29) is 11.9 Å². The van der Waals surface area contributed by atoms with Gasteiger partial charge in [-0.2, -0.15) is 0 Å². The highest BCUT2D eigenvalue weighted by Crippen LogP contribution is 2.40. The Morgan fingerprint density at radius 2 is 1.76 bits per heavy atom. The highest BCUT2D eigenvalue weighted by Gasteiger charge is 2.29. The van der Waals surface area contributed by atoms with Gasteiger partial charge in [0.2, 0.25) is 0 Å². The van der Waals surface area contributed by atoms with Gasteiger partial charge in [0.1, 0.15) is 5.82 Å². The van der Waals surface area contributed by atoms with Crippen molar-refractivity contribution < 1.29 is 13.9 Å². The highest BCUT2D eigenvalue weighted by atomic mass is 19.1. The summed E-state index contributed by atoms with van der Waals surface area (Å²) in [5, 5.41) is 3.41. The Hall–Kier alpha value is -2.11. The maximum Gasteiger partial charge on any atom is 0.165 e. The molecule has 25 heavy (non-hydrogen) atoms. The SMILES string of the molecule is COc1cccc(C(c2ccccc2F)N2CCCNCC2)c1OC. The van der Waals surface area contributed by atoms with Crippen LogP contribution in [0.25, 0.3) is 0 Å². The first-order chi connectivity index (χ1) is 12.3. The van der Waals surface area contributed by atoms with Crippen LogP contribution in [-0.2, 0) is 0 Å². The van der Waals surface area contributed by atoms with Crippen LogP contribution in [-0.4, -0.2) is 45.3 Å². The minimum atomic E-state index is -0.217. The third kappa shape index (κ3) is 3.78. The molecule has 0 aromatic heterocycles. The molecular formula is C20H25FN2O2. The topological polar surface area (TPSA) is 33.7 Å². The van der Waals surface area contributed by atoms with E-state index in [1.54, 1.807) is 20.3 Å². The van der Waals surface area contributed by atoms with E-state index >= 15 is 0 Å². The van der Waals surface area contributed by atoms with Crippen LogP contribution in [0.15, 0.2) is 42.5 Å². The lowest BCUT2D eigenvalue weighted by Gasteiger charge is -2.32. The van der Waals surface area contributed by atoms with Crippen molar-refractivity contribution in [1.29, 1.82) is 0 Å². The molecule has 0 radical (unpaired) electrons. The molecule has 2 aromatic rings. The van der Waals surface area contributed by atoms with Crippen molar-refractivity contribution in [1.82, 2.24) is 10.2 Å². The summed E-state index contributed by atoms with van der Waals surface area (Å²) in [6.45, 7) is 3.61. The number of ether oxygens (including phenoxy) is 2. The Morgan fingerprint density at radius 3 is 2.52 bits per heavy atom. The first kappa shape index (κ1) is 17.7. The molecule has 134 valence electrons. The maximum absolute atomic E-state index is 14.7. The average Bonchev–Trinajstić information content (AvgIpc) is 2.92. The zero-order valence-electron chi connectivity index (χ0n) is 14.8. The fourth-order valence-electron chi connectivity index (χ4n) is 3.51. The van der Waals surface area contributed by atoms with Crippen LogP contribution in [0.2, 0.25) is 0 Å². The molecular weight excluding hydrogens is 319 g/mol. The molecule has 1 saturated heterocycles. The van der Waals surface area contributed by atoms with Gasteiger partial charge >= 0.3 is 0 Å². The number of halogens is 1. The first-order valence-corrected chi connectivity index (χ1v) is 8.66. The summed E-state index contributed by atoms with van der Waals surface area (Å²) in [5.74, 6) is 1.12. The minimum absolute atomic E-state index is 0.199. The van der Waals surface area contributed by atoms with Gasteiger partial charge in [0.25, 0.3) is 0 Å². The van der Waals surface area contributed by atoms with Crippen molar-refractivity contribution in [3.8, 4) is 11.5 Å². The zero-order valence-corrected chi connectivity index (χ0v) is 14.8. The molecule has 1 fully saturated rings. The number of hydrogen-bond donors (Lipinski definition) is 1. The lowest BCUT2D eigenvalue weighted by atomic mass is 9.95. The normalized spacial score (nSPS) is 16.9. The fourth-order valence-corrected chi connectivity index (χ4v) is 3.51. The van der Waals surface area contributed by atoms with E-state index in [0.29, 0.717) is 17.1 Å². The molecule has 1 heterocycles. The van der Waals surface area contributed by atoms with Crippen LogP contribution in [0.3, 0.4) is 0 Å². The summed E-state index contributed by atoms with van der Waals surface area (Å²) in [6.07, 6.45) is 1.03. The second kappa shape index (κ2) is 8.32. The number of methoxy groups -OCH3 is 2. The Kier molecular flexibility index (Phi) is 5.89.